The van der Waals surface area contributed by atoms with E-state index in [0.29, 0.717) is 19.3 Å². The average molecular weight is 1220 g/mol. The lowest BCUT2D eigenvalue weighted by molar-refractivity contribution is -0.303. The van der Waals surface area contributed by atoms with Crippen molar-refractivity contribution in [1.82, 2.24) is 5.32 Å². The minimum atomic E-state index is -1.67. The number of ether oxygens (including phenoxy) is 2. The summed E-state index contributed by atoms with van der Waals surface area (Å²) in [5.41, 5.74) is 0. The molecule has 0 spiro atoms. The average Bonchev–Trinajstić information content (AvgIpc) is 3.39. The van der Waals surface area contributed by atoms with Crippen LogP contribution < -0.4 is 5.32 Å². The fourth-order valence-corrected chi connectivity index (χ4v) is 12.5. The van der Waals surface area contributed by atoms with Crippen LogP contribution in [0.5, 0.6) is 0 Å². The Morgan fingerprint density at radius 1 is 0.395 bits per heavy atom. The van der Waals surface area contributed by atoms with Crippen molar-refractivity contribution >= 4 is 5.91 Å². The summed E-state index contributed by atoms with van der Waals surface area (Å²) in [7, 11) is 0. The smallest absolute Gasteiger partial charge is 0.249 e. The minimum Gasteiger partial charge on any atom is -0.394 e. The van der Waals surface area contributed by atoms with Crippen molar-refractivity contribution in [3.8, 4) is 0 Å². The lowest BCUT2D eigenvalue weighted by Gasteiger charge is -2.40. The number of amides is 1. The van der Waals surface area contributed by atoms with E-state index in [1.807, 2.05) is 0 Å². The molecule has 1 heterocycles. The minimum absolute atomic E-state index is 0.250. The molecule has 0 aromatic rings. The summed E-state index contributed by atoms with van der Waals surface area (Å²) in [5, 5.41) is 76.6. The predicted octanol–water partition coefficient (Wildman–Crippen LogP) is 18.8. The van der Waals surface area contributed by atoms with Crippen LogP contribution in [0.4, 0.5) is 0 Å². The van der Waals surface area contributed by atoms with E-state index in [-0.39, 0.29) is 12.8 Å². The molecule has 1 fully saturated rings. The monoisotopic (exact) mass is 1220 g/mol. The second-order valence-electron chi connectivity index (χ2n) is 26.7. The molecule has 0 aliphatic carbocycles. The van der Waals surface area contributed by atoms with E-state index >= 15 is 0 Å². The molecule has 1 aliphatic heterocycles. The van der Waals surface area contributed by atoms with Gasteiger partial charge in [0.25, 0.3) is 0 Å². The predicted molar refractivity (Wildman–Crippen MR) is 362 cm³/mol. The zero-order valence-corrected chi connectivity index (χ0v) is 56.6. The molecule has 9 unspecified atom stereocenters. The van der Waals surface area contributed by atoms with Crippen LogP contribution in [0.15, 0.2) is 24.3 Å². The first-order valence-corrected chi connectivity index (χ1v) is 37.7. The molecule has 1 amide bonds. The lowest BCUT2D eigenvalue weighted by Crippen LogP contribution is -2.60. The van der Waals surface area contributed by atoms with Gasteiger partial charge in [-0.1, -0.05) is 353 Å². The van der Waals surface area contributed by atoms with Gasteiger partial charge in [-0.05, 0) is 51.4 Å². The summed E-state index contributed by atoms with van der Waals surface area (Å²) in [4.78, 5) is 13.3. The molecule has 0 aromatic carbocycles. The molecule has 8 N–H and O–H groups in total. The SMILES string of the molecule is CCCCCCCCCCCCCCCCCCCCC/C=C/CC/C=C/CCCC(O)C(O)C(COC1OC(CO)C(O)C(O)C1O)NC(=O)C(O)CCCCCCCCCCCCCCCCCCCCCCCCCCCCCCCCC. The maximum atomic E-state index is 13.3. The first-order chi connectivity index (χ1) is 42.2. The quantitative estimate of drug-likeness (QED) is 0.0215. The molecule has 1 saturated heterocycles. The Morgan fingerprint density at radius 2 is 0.698 bits per heavy atom. The number of aliphatic hydroxyl groups is 7. The van der Waals surface area contributed by atoms with Gasteiger partial charge in [-0.2, -0.15) is 0 Å². The van der Waals surface area contributed by atoms with Crippen LogP contribution in [0.25, 0.3) is 0 Å². The van der Waals surface area contributed by atoms with Gasteiger partial charge in [-0.25, -0.2) is 0 Å². The van der Waals surface area contributed by atoms with Crippen molar-refractivity contribution in [3.05, 3.63) is 24.3 Å². The number of hydrogen-bond acceptors (Lipinski definition) is 10. The highest BCUT2D eigenvalue weighted by atomic mass is 16.7. The van der Waals surface area contributed by atoms with Gasteiger partial charge in [0.05, 0.1) is 25.4 Å². The molecule has 9 atom stereocenters. The van der Waals surface area contributed by atoms with E-state index in [1.54, 1.807) is 0 Å². The van der Waals surface area contributed by atoms with E-state index in [0.717, 1.165) is 38.5 Å². The topological polar surface area (TPSA) is 189 Å². The normalized spacial score (nSPS) is 18.8. The summed E-state index contributed by atoms with van der Waals surface area (Å²) >= 11 is 0. The van der Waals surface area contributed by atoms with Gasteiger partial charge in [0.1, 0.15) is 36.6 Å². The maximum absolute atomic E-state index is 13.3. The zero-order chi connectivity index (χ0) is 62.4. The number of rotatable bonds is 67. The summed E-state index contributed by atoms with van der Waals surface area (Å²) in [5.74, 6) is -0.702. The Labute approximate surface area is 531 Å². The first-order valence-electron chi connectivity index (χ1n) is 37.7. The van der Waals surface area contributed by atoms with Crippen LogP contribution in [-0.4, -0.2) is 110 Å². The Bertz CT molecular complexity index is 1450. The lowest BCUT2D eigenvalue weighted by atomic mass is 9.98. The van der Waals surface area contributed by atoms with Crippen LogP contribution >= 0.6 is 0 Å². The van der Waals surface area contributed by atoms with Gasteiger partial charge >= 0.3 is 0 Å². The molecule has 0 aromatic heterocycles. The molecule has 510 valence electrons. The number of aliphatic hydroxyl groups excluding tert-OH is 7. The van der Waals surface area contributed by atoms with Gasteiger partial charge in [-0.3, -0.25) is 4.79 Å². The Balaban J connectivity index is 2.18. The van der Waals surface area contributed by atoms with Crippen LogP contribution in [0.2, 0.25) is 0 Å². The number of carbonyl (C=O) groups is 1. The van der Waals surface area contributed by atoms with E-state index in [9.17, 15) is 40.5 Å². The molecule has 1 aliphatic rings. The summed E-state index contributed by atoms with van der Waals surface area (Å²) in [6.07, 6.45) is 70.0. The Morgan fingerprint density at radius 3 is 1.03 bits per heavy atom. The number of nitrogens with one attached hydrogen (secondary N) is 1. The highest BCUT2D eigenvalue weighted by Crippen LogP contribution is 2.24. The van der Waals surface area contributed by atoms with E-state index in [2.05, 4.69) is 43.5 Å². The number of hydrogen-bond donors (Lipinski definition) is 8. The second-order valence-corrected chi connectivity index (χ2v) is 26.7. The molecule has 11 nitrogen and oxygen atoms in total. The fraction of sp³-hybridized carbons (Fsp3) is 0.933. The van der Waals surface area contributed by atoms with Crippen molar-refractivity contribution in [2.24, 2.45) is 0 Å². The van der Waals surface area contributed by atoms with E-state index in [1.165, 1.54) is 295 Å². The van der Waals surface area contributed by atoms with Crippen LogP contribution in [0.1, 0.15) is 380 Å². The Kier molecular flexibility index (Phi) is 61.2. The largest absolute Gasteiger partial charge is 0.394 e. The van der Waals surface area contributed by atoms with Crippen LogP contribution in [0, 0.1) is 0 Å². The highest BCUT2D eigenvalue weighted by molar-refractivity contribution is 5.80. The standard InChI is InChI=1S/C75H145NO10/c1-3-5-7-9-11-13-15-17-19-21-23-25-27-29-31-33-34-35-37-39-41-43-45-47-49-51-53-55-57-59-61-63-68(79)74(84)76-66(65-85-75-73(83)72(82)71(81)69(64-77)86-75)70(80)67(78)62-60-58-56-54-52-50-48-46-44-42-40-38-36-32-30-28-26-24-22-20-18-16-14-12-10-8-6-4-2/h46,48,54,56,66-73,75,77-83H,3-45,47,49-53,55,57-65H2,1-2H3,(H,76,84)/b48-46+,56-54+. The number of unbranched alkanes of at least 4 members (excludes halogenated alkanes) is 51. The summed E-state index contributed by atoms with van der Waals surface area (Å²) < 4.78 is 11.2. The van der Waals surface area contributed by atoms with Crippen molar-refractivity contribution in [3.63, 3.8) is 0 Å². The van der Waals surface area contributed by atoms with E-state index in [4.69, 9.17) is 9.47 Å². The van der Waals surface area contributed by atoms with Gasteiger partial charge < -0.3 is 50.5 Å². The number of allylic oxidation sites excluding steroid dienone is 4. The fourth-order valence-electron chi connectivity index (χ4n) is 12.5. The molecular formula is C75H145NO10. The molecule has 1 rings (SSSR count). The van der Waals surface area contributed by atoms with Crippen molar-refractivity contribution in [2.45, 2.75) is 435 Å². The van der Waals surface area contributed by atoms with Crippen molar-refractivity contribution in [1.29, 1.82) is 0 Å². The van der Waals surface area contributed by atoms with Crippen LogP contribution in [0.3, 0.4) is 0 Å². The number of carbonyl (C=O) groups excluding carboxylic acids is 1. The molecule has 11 heteroatoms. The van der Waals surface area contributed by atoms with Gasteiger partial charge in [0, 0.05) is 0 Å². The first kappa shape index (κ1) is 82.6. The van der Waals surface area contributed by atoms with E-state index < -0.39 is 74.2 Å². The van der Waals surface area contributed by atoms with Gasteiger partial charge in [0.2, 0.25) is 5.91 Å². The van der Waals surface area contributed by atoms with Crippen molar-refractivity contribution in [2.75, 3.05) is 13.2 Å². The Hall–Kier alpha value is -1.41. The van der Waals surface area contributed by atoms with Gasteiger partial charge in [-0.15, -0.1) is 0 Å². The second kappa shape index (κ2) is 63.7. The molecule has 0 bridgehead atoms. The third-order valence-corrected chi connectivity index (χ3v) is 18.5. The summed E-state index contributed by atoms with van der Waals surface area (Å²) in [6, 6.07) is -1.19. The molecule has 0 radical (unpaired) electrons. The molecular weight excluding hydrogens is 1070 g/mol. The third-order valence-electron chi connectivity index (χ3n) is 18.5. The zero-order valence-electron chi connectivity index (χ0n) is 56.6. The van der Waals surface area contributed by atoms with Crippen molar-refractivity contribution < 1.29 is 50.0 Å². The maximum Gasteiger partial charge on any atom is 0.249 e. The summed E-state index contributed by atoms with van der Waals surface area (Å²) in [6.45, 7) is 3.51. The highest BCUT2D eigenvalue weighted by Gasteiger charge is 2.44. The van der Waals surface area contributed by atoms with Gasteiger partial charge in [0.15, 0.2) is 6.29 Å². The third kappa shape index (κ3) is 50.3. The molecule has 86 heavy (non-hydrogen) atoms. The molecule has 0 saturated carbocycles. The van der Waals surface area contributed by atoms with Crippen LogP contribution in [-0.2, 0) is 14.3 Å².